The Hall–Kier alpha value is -0.620. The highest BCUT2D eigenvalue weighted by Crippen LogP contribution is 2.32. The topological polar surface area (TPSA) is 15.6 Å². The zero-order valence-electron chi connectivity index (χ0n) is 10.2. The van der Waals surface area contributed by atoms with E-state index in [-0.39, 0.29) is 0 Å². The van der Waals surface area contributed by atoms with Crippen LogP contribution in [-0.4, -0.2) is 27.8 Å². The molecule has 15 heavy (non-hydrogen) atoms. The first-order valence-corrected chi connectivity index (χ1v) is 6.49. The third-order valence-electron chi connectivity index (χ3n) is 2.71. The first kappa shape index (κ1) is 12.4. The van der Waals surface area contributed by atoms with Crippen molar-refractivity contribution in [3.63, 3.8) is 0 Å². The zero-order valence-corrected chi connectivity index (χ0v) is 11.1. The number of nitrogens with zero attached hydrogens (tertiary/aromatic N) is 2. The number of rotatable bonds is 3. The molecule has 1 saturated heterocycles. The van der Waals surface area contributed by atoms with E-state index >= 15 is 0 Å². The summed E-state index contributed by atoms with van der Waals surface area (Å²) in [6.45, 7) is 10.5. The highest BCUT2D eigenvalue weighted by Gasteiger charge is 2.32. The van der Waals surface area contributed by atoms with Crippen LogP contribution in [0.2, 0.25) is 0 Å². The largest absolute Gasteiger partial charge is 0.218 e. The Kier molecular flexibility index (Phi) is 4.53. The molecular formula is C12H20N2S. The molecule has 1 fully saturated rings. The van der Waals surface area contributed by atoms with Gasteiger partial charge in [-0.25, -0.2) is 5.01 Å². The molecular weight excluding hydrogens is 204 g/mol. The van der Waals surface area contributed by atoms with Gasteiger partial charge in [0.05, 0.1) is 6.04 Å². The summed E-state index contributed by atoms with van der Waals surface area (Å²) >= 11 is 1.98. The van der Waals surface area contributed by atoms with Crippen LogP contribution in [0.3, 0.4) is 0 Å². The summed E-state index contributed by atoms with van der Waals surface area (Å²) in [6, 6.07) is 3.58. The average Bonchev–Trinajstić information content (AvgIpc) is 2.15. The fourth-order valence-electron chi connectivity index (χ4n) is 1.23. The lowest BCUT2D eigenvalue weighted by Gasteiger charge is -2.37. The van der Waals surface area contributed by atoms with Crippen molar-refractivity contribution in [3.05, 3.63) is 0 Å². The molecule has 0 bridgehead atoms. The van der Waals surface area contributed by atoms with Gasteiger partial charge in [0.15, 0.2) is 0 Å². The van der Waals surface area contributed by atoms with Gasteiger partial charge in [0, 0.05) is 22.8 Å². The number of hydrogen-bond donors (Lipinski definition) is 0. The van der Waals surface area contributed by atoms with E-state index in [2.05, 4.69) is 44.8 Å². The molecule has 1 rings (SSSR count). The summed E-state index contributed by atoms with van der Waals surface area (Å²) in [5.74, 6) is 4.58. The number of hydrazone groups is 1. The fraction of sp³-hybridized carbons (Fsp3) is 0.750. The van der Waals surface area contributed by atoms with Gasteiger partial charge in [-0.1, -0.05) is 26.7 Å². The van der Waals surface area contributed by atoms with Crippen molar-refractivity contribution in [3.8, 4) is 12.0 Å². The van der Waals surface area contributed by atoms with E-state index in [1.54, 1.807) is 0 Å². The summed E-state index contributed by atoms with van der Waals surface area (Å²) < 4.78 is 0. The molecule has 0 N–H and O–H groups in total. The third kappa shape index (κ3) is 3.17. The van der Waals surface area contributed by atoms with Crippen molar-refractivity contribution < 1.29 is 0 Å². The molecule has 0 amide bonds. The predicted molar refractivity (Wildman–Crippen MR) is 68.9 cm³/mol. The molecule has 1 heterocycles. The Labute approximate surface area is 97.5 Å². The summed E-state index contributed by atoms with van der Waals surface area (Å²) in [7, 11) is 0. The Morgan fingerprint density at radius 1 is 1.53 bits per heavy atom. The van der Waals surface area contributed by atoms with Crippen molar-refractivity contribution in [2.75, 3.05) is 5.75 Å². The lowest BCUT2D eigenvalue weighted by atomic mass is 10.1. The van der Waals surface area contributed by atoms with Gasteiger partial charge in [0.25, 0.3) is 0 Å². The molecule has 0 saturated carbocycles. The number of thioether (sulfide) groups is 1. The number of hydrogen-bond acceptors (Lipinski definition) is 3. The van der Waals surface area contributed by atoms with Crippen LogP contribution in [0.15, 0.2) is 5.10 Å². The summed E-state index contributed by atoms with van der Waals surface area (Å²) in [5.41, 5.74) is 1.15. The Morgan fingerprint density at radius 3 is 2.53 bits per heavy atom. The quantitative estimate of drug-likeness (QED) is 0.317. The molecule has 0 aromatic rings. The van der Waals surface area contributed by atoms with Gasteiger partial charge in [-0.05, 0) is 19.8 Å². The van der Waals surface area contributed by atoms with Gasteiger partial charge in [-0.15, -0.1) is 0 Å². The molecule has 2 atom stereocenters. The monoisotopic (exact) mass is 224 g/mol. The maximum atomic E-state index is 4.60. The first-order valence-electron chi connectivity index (χ1n) is 5.44. The molecule has 0 spiro atoms. The second-order valence-electron chi connectivity index (χ2n) is 4.21. The molecule has 1 aliphatic rings. The van der Waals surface area contributed by atoms with Crippen LogP contribution in [0.4, 0.5) is 0 Å². The zero-order chi connectivity index (χ0) is 11.4. The molecule has 0 aliphatic carbocycles. The minimum Gasteiger partial charge on any atom is -0.218 e. The fourth-order valence-corrected chi connectivity index (χ4v) is 2.23. The summed E-state index contributed by atoms with van der Waals surface area (Å²) in [4.78, 5) is 0. The van der Waals surface area contributed by atoms with Crippen LogP contribution in [0.1, 0.15) is 34.6 Å². The molecule has 1 unspecified atom stereocenters. The van der Waals surface area contributed by atoms with Crippen LogP contribution in [0, 0.1) is 17.9 Å². The molecule has 0 aromatic heterocycles. The average molecular weight is 224 g/mol. The van der Waals surface area contributed by atoms with Crippen molar-refractivity contribution >= 4 is 17.5 Å². The minimum absolute atomic E-state index is 0.495. The Morgan fingerprint density at radius 2 is 2.20 bits per heavy atom. The smallest absolute Gasteiger partial charge is 0.0819 e. The molecule has 0 radical (unpaired) electrons. The van der Waals surface area contributed by atoms with E-state index in [4.69, 9.17) is 0 Å². The van der Waals surface area contributed by atoms with Gasteiger partial charge >= 0.3 is 0 Å². The van der Waals surface area contributed by atoms with E-state index in [0.717, 1.165) is 11.5 Å². The standard InChI is InChI=1S/C12H20N2S/c1-6-7-14(12-8-15-11(12)5)13-10(4)9(2)3/h9,11-12H,8H2,1-5H3/b13-10+/t11-,12?/m1/s1. The highest BCUT2D eigenvalue weighted by atomic mass is 32.2. The molecule has 0 aromatic carbocycles. The van der Waals surface area contributed by atoms with Gasteiger partial charge in [0.1, 0.15) is 0 Å². The molecule has 3 heteroatoms. The predicted octanol–water partition coefficient (Wildman–Crippen LogP) is 2.81. The maximum absolute atomic E-state index is 4.60. The normalized spacial score (nSPS) is 25.6. The van der Waals surface area contributed by atoms with E-state index in [1.807, 2.05) is 23.7 Å². The SMILES string of the molecule is CC#CN(/N=C(\C)C(C)C)C1CS[C@@H]1C. The van der Waals surface area contributed by atoms with Crippen molar-refractivity contribution in [2.45, 2.75) is 45.9 Å². The first-order chi connectivity index (χ1) is 7.06. The maximum Gasteiger partial charge on any atom is 0.0819 e. The minimum atomic E-state index is 0.495. The Bertz CT molecular complexity index is 298. The second kappa shape index (κ2) is 5.46. The van der Waals surface area contributed by atoms with E-state index < -0.39 is 0 Å². The molecule has 1 aliphatic heterocycles. The van der Waals surface area contributed by atoms with Crippen LogP contribution in [0.25, 0.3) is 0 Å². The van der Waals surface area contributed by atoms with Gasteiger partial charge in [0.2, 0.25) is 0 Å². The summed E-state index contributed by atoms with van der Waals surface area (Å²) in [5, 5.41) is 7.20. The van der Waals surface area contributed by atoms with Crippen LogP contribution < -0.4 is 0 Å². The van der Waals surface area contributed by atoms with Crippen molar-refractivity contribution in [2.24, 2.45) is 11.0 Å². The van der Waals surface area contributed by atoms with E-state index in [9.17, 15) is 0 Å². The molecule has 2 nitrogen and oxygen atoms in total. The lowest BCUT2D eigenvalue weighted by molar-refractivity contribution is 0.313. The van der Waals surface area contributed by atoms with E-state index in [0.29, 0.717) is 17.2 Å². The molecule has 84 valence electrons. The van der Waals surface area contributed by atoms with Crippen molar-refractivity contribution in [1.82, 2.24) is 5.01 Å². The van der Waals surface area contributed by atoms with Crippen molar-refractivity contribution in [1.29, 1.82) is 0 Å². The van der Waals surface area contributed by atoms with E-state index in [1.165, 1.54) is 0 Å². The third-order valence-corrected chi connectivity index (χ3v) is 4.09. The van der Waals surface area contributed by atoms with Crippen LogP contribution in [-0.2, 0) is 0 Å². The summed E-state index contributed by atoms with van der Waals surface area (Å²) in [6.07, 6.45) is 0. The highest BCUT2D eigenvalue weighted by molar-refractivity contribution is 8.01. The van der Waals surface area contributed by atoms with Gasteiger partial charge in [-0.2, -0.15) is 16.9 Å². The van der Waals surface area contributed by atoms with Gasteiger partial charge in [-0.3, -0.25) is 0 Å². The lowest BCUT2D eigenvalue weighted by Crippen LogP contribution is -2.45. The second-order valence-corrected chi connectivity index (χ2v) is 5.62. The van der Waals surface area contributed by atoms with Crippen LogP contribution >= 0.6 is 11.8 Å². The van der Waals surface area contributed by atoms with Crippen LogP contribution in [0.5, 0.6) is 0 Å². The Balaban J connectivity index is 2.73. The van der Waals surface area contributed by atoms with Gasteiger partial charge < -0.3 is 0 Å².